The summed E-state index contributed by atoms with van der Waals surface area (Å²) in [5.41, 5.74) is -0.387. The summed E-state index contributed by atoms with van der Waals surface area (Å²) in [6, 6.07) is 9.43. The summed E-state index contributed by atoms with van der Waals surface area (Å²) in [6.45, 7) is 5.35. The number of imide groups is 1. The van der Waals surface area contributed by atoms with Crippen LogP contribution in [0.1, 0.15) is 51.5 Å². The van der Waals surface area contributed by atoms with E-state index < -0.39 is 35.5 Å². The predicted molar refractivity (Wildman–Crippen MR) is 140 cm³/mol. The molecule has 0 unspecified atom stereocenters. The Labute approximate surface area is 236 Å². The first-order chi connectivity index (χ1) is 19.4. The van der Waals surface area contributed by atoms with Gasteiger partial charge in [-0.15, -0.1) is 0 Å². The quantitative estimate of drug-likeness (QED) is 0.417. The first-order valence-electron chi connectivity index (χ1n) is 13.8. The summed E-state index contributed by atoms with van der Waals surface area (Å²) in [4.78, 5) is 60.3. The Kier molecular flexibility index (Phi) is 8.65. The molecule has 0 bridgehead atoms. The van der Waals surface area contributed by atoms with Crippen LogP contribution < -0.4 is 0 Å². The number of carbonyl (C=O) groups excluding carboxylic acids is 3. The van der Waals surface area contributed by atoms with E-state index in [0.717, 1.165) is 43.8 Å². The number of carboxylic acid groups (broad SMARTS) is 1. The molecule has 1 N–H and O–H groups in total. The Morgan fingerprint density at radius 1 is 1.10 bits per heavy atom. The summed E-state index contributed by atoms with van der Waals surface area (Å²) in [5.74, 6) is -4.35. The molecule has 0 spiro atoms. The average molecular weight is 581 g/mol. The molecule has 10 nitrogen and oxygen atoms in total. The Morgan fingerprint density at radius 2 is 1.71 bits per heavy atom. The number of rotatable bonds is 5. The Morgan fingerprint density at radius 3 is 2.24 bits per heavy atom. The largest absolute Gasteiger partial charge is 0.490 e. The number of carboxylic acids is 1. The number of aliphatic imine (C=N–C) groups is 1. The topological polar surface area (TPSA) is 120 Å². The van der Waals surface area contributed by atoms with Crippen LogP contribution in [0.5, 0.6) is 0 Å². The number of hydrogen-bond donors (Lipinski definition) is 1. The van der Waals surface area contributed by atoms with Crippen LogP contribution in [0.25, 0.3) is 0 Å². The number of ether oxygens (including phenoxy) is 1. The van der Waals surface area contributed by atoms with Crippen molar-refractivity contribution in [2.45, 2.75) is 76.3 Å². The number of hydrogen-bond acceptors (Lipinski definition) is 6. The maximum Gasteiger partial charge on any atom is 0.490 e. The van der Waals surface area contributed by atoms with Crippen molar-refractivity contribution in [2.75, 3.05) is 20.2 Å². The smallest absolute Gasteiger partial charge is 0.475 e. The van der Waals surface area contributed by atoms with Crippen LogP contribution in [-0.4, -0.2) is 93.5 Å². The minimum Gasteiger partial charge on any atom is -0.475 e. The normalized spacial score (nSPS) is 28.9. The highest BCUT2D eigenvalue weighted by atomic mass is 19.4. The minimum absolute atomic E-state index is 0.198. The second-order valence-corrected chi connectivity index (χ2v) is 10.9. The van der Waals surface area contributed by atoms with Crippen molar-refractivity contribution in [3.8, 4) is 0 Å². The van der Waals surface area contributed by atoms with E-state index in [-0.39, 0.29) is 30.4 Å². The summed E-state index contributed by atoms with van der Waals surface area (Å²) in [6.07, 6.45) is 0.521. The fraction of sp³-hybridized carbons (Fsp3) is 0.607. The van der Waals surface area contributed by atoms with Gasteiger partial charge in [-0.1, -0.05) is 49.6 Å². The zero-order chi connectivity index (χ0) is 30.1. The van der Waals surface area contributed by atoms with E-state index in [4.69, 9.17) is 19.6 Å². The van der Waals surface area contributed by atoms with Crippen molar-refractivity contribution in [3.63, 3.8) is 0 Å². The summed E-state index contributed by atoms with van der Waals surface area (Å²) in [5, 5.41) is 7.12. The molecule has 224 valence electrons. The molecular formula is C28H35F3N4O6. The highest BCUT2D eigenvalue weighted by Crippen LogP contribution is 2.52. The Bertz CT molecular complexity index is 1200. The fourth-order valence-corrected chi connectivity index (χ4v) is 6.54. The minimum atomic E-state index is -5.08. The highest BCUT2D eigenvalue weighted by Gasteiger charge is 2.73. The maximum atomic E-state index is 13.7. The number of benzene rings is 1. The van der Waals surface area contributed by atoms with Gasteiger partial charge >= 0.3 is 18.1 Å². The number of likely N-dealkylation sites (N-methyl/N-ethyl adjacent to an activating group) is 1. The van der Waals surface area contributed by atoms with Gasteiger partial charge in [0.2, 0.25) is 11.8 Å². The number of esters is 1. The molecule has 0 aromatic heterocycles. The molecule has 1 saturated carbocycles. The molecule has 1 aromatic carbocycles. The Hall–Kier alpha value is -3.64. The third-order valence-electron chi connectivity index (χ3n) is 8.48. The molecule has 0 radical (unpaired) electrons. The Balaban J connectivity index is 0.000000493. The zero-order valence-corrected chi connectivity index (χ0v) is 23.3. The van der Waals surface area contributed by atoms with E-state index in [9.17, 15) is 27.6 Å². The van der Waals surface area contributed by atoms with Crippen LogP contribution in [0, 0.1) is 11.8 Å². The van der Waals surface area contributed by atoms with E-state index in [1.807, 2.05) is 35.2 Å². The third kappa shape index (κ3) is 5.50. The van der Waals surface area contributed by atoms with Gasteiger partial charge in [0.05, 0.1) is 37.6 Å². The van der Waals surface area contributed by atoms with Gasteiger partial charge in [0.15, 0.2) is 11.5 Å². The molecule has 1 aliphatic carbocycles. The molecule has 4 atom stereocenters. The van der Waals surface area contributed by atoms with Gasteiger partial charge in [-0.3, -0.25) is 14.5 Å². The predicted octanol–water partition coefficient (Wildman–Crippen LogP) is 3.06. The van der Waals surface area contributed by atoms with E-state index in [1.165, 1.54) is 18.4 Å². The van der Waals surface area contributed by atoms with Gasteiger partial charge in [-0.25, -0.2) is 14.6 Å². The fourth-order valence-electron chi connectivity index (χ4n) is 6.54. The first kappa shape index (κ1) is 30.3. The second kappa shape index (κ2) is 11.7. The summed E-state index contributed by atoms with van der Waals surface area (Å²) in [7, 11) is 1.35. The van der Waals surface area contributed by atoms with Crippen LogP contribution in [0.15, 0.2) is 35.3 Å². The number of methoxy groups -OCH3 is 1. The average Bonchev–Trinajstić information content (AvgIpc) is 3.52. The lowest BCUT2D eigenvalue weighted by molar-refractivity contribution is -0.192. The van der Waals surface area contributed by atoms with Gasteiger partial charge in [-0.2, -0.15) is 13.2 Å². The second-order valence-electron chi connectivity index (χ2n) is 10.9. The van der Waals surface area contributed by atoms with Crippen molar-refractivity contribution >= 4 is 29.7 Å². The number of fused-ring (bicyclic) bond motifs is 3. The maximum absolute atomic E-state index is 13.7. The molecule has 3 heterocycles. The zero-order valence-electron chi connectivity index (χ0n) is 23.3. The van der Waals surface area contributed by atoms with Crippen LogP contribution in [0.2, 0.25) is 0 Å². The standard InChI is InChI=1S/C26H34N4O4.C2HF3O2/c1-4-28-16-19-20-21(23(32)29(22(20)31)15-17-11-7-5-8-12-17)26(2,24(33)34-3)30(19)25(28)27-18-13-9-6-10-14-18;3-2(4,5)1(6)7/h5,7-8,11-12,18-21H,4,6,9-10,13-16H2,1-3H3;(H,6,7)/t19-,20+,21-,26-;/m1./s1. The van der Waals surface area contributed by atoms with Crippen molar-refractivity contribution in [1.82, 2.24) is 14.7 Å². The highest BCUT2D eigenvalue weighted by molar-refractivity contribution is 6.11. The number of carbonyl (C=O) groups is 4. The van der Waals surface area contributed by atoms with E-state index in [1.54, 1.807) is 6.92 Å². The van der Waals surface area contributed by atoms with Gasteiger partial charge in [0, 0.05) is 13.1 Å². The van der Waals surface area contributed by atoms with Crippen LogP contribution in [-0.2, 0) is 30.5 Å². The molecule has 5 rings (SSSR count). The van der Waals surface area contributed by atoms with Gasteiger partial charge in [0.1, 0.15) is 0 Å². The van der Waals surface area contributed by atoms with E-state index >= 15 is 0 Å². The number of amides is 2. The third-order valence-corrected chi connectivity index (χ3v) is 8.48. The van der Waals surface area contributed by atoms with E-state index in [2.05, 4.69) is 11.8 Å². The van der Waals surface area contributed by atoms with Crippen molar-refractivity contribution in [1.29, 1.82) is 0 Å². The summed E-state index contributed by atoms with van der Waals surface area (Å²) >= 11 is 0. The number of aliphatic carboxylic acids is 1. The number of likely N-dealkylation sites (tertiary alicyclic amines) is 1. The molecule has 1 aromatic rings. The number of halogens is 3. The molecule has 3 aliphatic heterocycles. The molecule has 2 amide bonds. The molecule has 41 heavy (non-hydrogen) atoms. The first-order valence-corrected chi connectivity index (χ1v) is 13.8. The monoisotopic (exact) mass is 580 g/mol. The number of alkyl halides is 3. The van der Waals surface area contributed by atoms with Crippen molar-refractivity contribution in [2.24, 2.45) is 16.8 Å². The SMILES string of the molecule is CCN1C[C@@H]2[C@@H]3C(=O)N(Cc4ccccc4)C(=O)[C@@H]3[C@](C)(C(=O)OC)N2C1=NC1CCCCC1.O=C(O)C(F)(F)F. The van der Waals surface area contributed by atoms with Crippen molar-refractivity contribution in [3.05, 3.63) is 35.9 Å². The van der Waals surface area contributed by atoms with Gasteiger partial charge in [0.25, 0.3) is 0 Å². The molecular weight excluding hydrogens is 545 g/mol. The molecule has 13 heteroatoms. The molecule has 3 saturated heterocycles. The lowest BCUT2D eigenvalue weighted by Crippen LogP contribution is -2.58. The number of nitrogens with zero attached hydrogens (tertiary/aromatic N) is 4. The van der Waals surface area contributed by atoms with Crippen molar-refractivity contribution < 1.29 is 42.2 Å². The van der Waals surface area contributed by atoms with E-state index in [0.29, 0.717) is 6.54 Å². The lowest BCUT2D eigenvalue weighted by atomic mass is 9.81. The molecule has 4 fully saturated rings. The lowest BCUT2D eigenvalue weighted by Gasteiger charge is -2.38. The van der Waals surface area contributed by atoms with Gasteiger partial charge < -0.3 is 19.6 Å². The molecule has 4 aliphatic rings. The van der Waals surface area contributed by atoms with Crippen LogP contribution in [0.3, 0.4) is 0 Å². The summed E-state index contributed by atoms with van der Waals surface area (Å²) < 4.78 is 37.0. The van der Waals surface area contributed by atoms with Gasteiger partial charge in [-0.05, 0) is 32.3 Å². The van der Waals surface area contributed by atoms with Crippen LogP contribution in [0.4, 0.5) is 13.2 Å². The number of guanidine groups is 1. The van der Waals surface area contributed by atoms with Crippen LogP contribution >= 0.6 is 0 Å².